The van der Waals surface area contributed by atoms with Crippen LogP contribution in [0, 0.1) is 0 Å². The fourth-order valence-electron chi connectivity index (χ4n) is 4.02. The Morgan fingerprint density at radius 3 is 2.53 bits per heavy atom. The molecular weight excluding hydrogens is 382 g/mol. The Labute approximate surface area is 175 Å². The summed E-state index contributed by atoms with van der Waals surface area (Å²) in [5, 5.41) is 2.76. The topological polar surface area (TPSA) is 79.0 Å². The summed E-state index contributed by atoms with van der Waals surface area (Å²) in [6, 6.07) is 15.1. The number of benzene rings is 2. The van der Waals surface area contributed by atoms with E-state index in [-0.39, 0.29) is 24.5 Å². The van der Waals surface area contributed by atoms with Crippen molar-refractivity contribution in [2.75, 3.05) is 31.1 Å². The fourth-order valence-corrected chi connectivity index (χ4v) is 4.02. The molecule has 1 saturated heterocycles. The summed E-state index contributed by atoms with van der Waals surface area (Å²) < 4.78 is 5.21. The Morgan fingerprint density at radius 2 is 1.80 bits per heavy atom. The van der Waals surface area contributed by atoms with Gasteiger partial charge in [0.25, 0.3) is 5.91 Å². The number of ether oxygens (including phenoxy) is 1. The molecule has 7 heteroatoms. The van der Waals surface area contributed by atoms with Gasteiger partial charge in [-0.1, -0.05) is 24.3 Å². The smallest absolute Gasteiger partial charge is 0.414 e. The van der Waals surface area contributed by atoms with Crippen LogP contribution < -0.4 is 10.2 Å². The Morgan fingerprint density at radius 1 is 1.07 bits per heavy atom. The first-order valence-electron chi connectivity index (χ1n) is 10.2. The van der Waals surface area contributed by atoms with Crippen molar-refractivity contribution in [3.63, 3.8) is 0 Å². The minimum atomic E-state index is -0.403. The lowest BCUT2D eigenvalue weighted by atomic mass is 10.0. The summed E-state index contributed by atoms with van der Waals surface area (Å²) in [7, 11) is 0. The first-order valence-corrected chi connectivity index (χ1v) is 10.2. The van der Waals surface area contributed by atoms with Crippen molar-refractivity contribution >= 4 is 23.6 Å². The molecule has 1 atom stereocenters. The molecule has 1 N–H and O–H groups in total. The van der Waals surface area contributed by atoms with Gasteiger partial charge >= 0.3 is 6.09 Å². The lowest BCUT2D eigenvalue weighted by Crippen LogP contribution is -2.42. The van der Waals surface area contributed by atoms with Crippen molar-refractivity contribution in [2.45, 2.75) is 25.8 Å². The van der Waals surface area contributed by atoms with Crippen molar-refractivity contribution in [3.05, 3.63) is 65.2 Å². The van der Waals surface area contributed by atoms with Gasteiger partial charge in [-0.15, -0.1) is 0 Å². The highest BCUT2D eigenvalue weighted by Gasteiger charge is 2.34. The van der Waals surface area contributed by atoms with Crippen LogP contribution >= 0.6 is 0 Å². The number of anilines is 1. The molecule has 2 heterocycles. The first-order chi connectivity index (χ1) is 14.5. The first kappa shape index (κ1) is 19.9. The number of carbonyl (C=O) groups excluding carboxylic acids is 3. The number of hydrogen-bond acceptors (Lipinski definition) is 4. The highest BCUT2D eigenvalue weighted by Crippen LogP contribution is 2.28. The maximum Gasteiger partial charge on any atom is 0.414 e. The molecule has 2 aromatic carbocycles. The second-order valence-corrected chi connectivity index (χ2v) is 7.65. The molecule has 30 heavy (non-hydrogen) atoms. The number of nitrogens with zero attached hydrogens (tertiary/aromatic N) is 2. The molecule has 2 aromatic rings. The van der Waals surface area contributed by atoms with Gasteiger partial charge in [0, 0.05) is 37.8 Å². The molecule has 0 aliphatic carbocycles. The van der Waals surface area contributed by atoms with Gasteiger partial charge in [-0.3, -0.25) is 14.5 Å². The average molecular weight is 407 g/mol. The van der Waals surface area contributed by atoms with E-state index in [4.69, 9.17) is 4.74 Å². The molecule has 3 amide bonds. The molecule has 1 fully saturated rings. The third-order valence-electron chi connectivity index (χ3n) is 5.63. The molecule has 2 aliphatic heterocycles. The predicted molar refractivity (Wildman–Crippen MR) is 112 cm³/mol. The molecular formula is C23H25N3O4. The van der Waals surface area contributed by atoms with Crippen LogP contribution in [0.3, 0.4) is 0 Å². The summed E-state index contributed by atoms with van der Waals surface area (Å²) in [4.78, 5) is 39.9. The molecule has 0 radical (unpaired) electrons. The van der Waals surface area contributed by atoms with Gasteiger partial charge in [0.15, 0.2) is 0 Å². The van der Waals surface area contributed by atoms with E-state index in [1.54, 1.807) is 4.90 Å². The zero-order valence-corrected chi connectivity index (χ0v) is 17.0. The number of hydrogen-bond donors (Lipinski definition) is 1. The second-order valence-electron chi connectivity index (χ2n) is 7.65. The van der Waals surface area contributed by atoms with Gasteiger partial charge in [0.05, 0.1) is 6.04 Å². The summed E-state index contributed by atoms with van der Waals surface area (Å²) in [5.41, 5.74) is 3.78. The summed E-state index contributed by atoms with van der Waals surface area (Å²) in [5.74, 6) is -0.0958. The van der Waals surface area contributed by atoms with Gasteiger partial charge in [-0.2, -0.15) is 0 Å². The SMILES string of the molecule is CC(=O)NCC1COC(=O)N1c1ccc2c(c1)CCN(C(=O)c1ccccc1)CC2. The Bertz CT molecular complexity index is 960. The van der Waals surface area contributed by atoms with E-state index < -0.39 is 6.09 Å². The van der Waals surface area contributed by atoms with E-state index in [1.807, 2.05) is 53.4 Å². The largest absolute Gasteiger partial charge is 0.447 e. The third kappa shape index (κ3) is 4.15. The van der Waals surface area contributed by atoms with Gasteiger partial charge < -0.3 is 15.0 Å². The van der Waals surface area contributed by atoms with Gasteiger partial charge in [-0.05, 0) is 48.2 Å². The lowest BCUT2D eigenvalue weighted by Gasteiger charge is -2.22. The van der Waals surface area contributed by atoms with E-state index in [1.165, 1.54) is 12.5 Å². The van der Waals surface area contributed by atoms with Crippen LogP contribution in [0.15, 0.2) is 48.5 Å². The van der Waals surface area contributed by atoms with Crippen molar-refractivity contribution in [1.29, 1.82) is 0 Å². The standard InChI is InChI=1S/C23H25N3O4/c1-16(27)24-14-21-15-30-23(29)26(21)20-8-7-17-9-11-25(12-10-19(17)13-20)22(28)18-5-3-2-4-6-18/h2-8,13,21H,9-12,14-15H2,1H3,(H,24,27). The van der Waals surface area contributed by atoms with E-state index in [0.717, 1.165) is 24.1 Å². The van der Waals surface area contributed by atoms with E-state index in [2.05, 4.69) is 5.32 Å². The summed E-state index contributed by atoms with van der Waals surface area (Å²) in [6.07, 6.45) is 1.09. The van der Waals surface area contributed by atoms with Crippen LogP contribution in [-0.4, -0.2) is 55.1 Å². The molecule has 1 unspecified atom stereocenters. The molecule has 7 nitrogen and oxygen atoms in total. The predicted octanol–water partition coefficient (Wildman–Crippen LogP) is 2.39. The maximum atomic E-state index is 12.8. The number of amides is 3. The number of rotatable bonds is 4. The zero-order valence-electron chi connectivity index (χ0n) is 17.0. The molecule has 156 valence electrons. The molecule has 0 bridgehead atoms. The lowest BCUT2D eigenvalue weighted by molar-refractivity contribution is -0.119. The maximum absolute atomic E-state index is 12.8. The van der Waals surface area contributed by atoms with Crippen LogP contribution in [0.4, 0.5) is 10.5 Å². The molecule has 0 saturated carbocycles. The Kier molecular flexibility index (Phi) is 5.70. The zero-order chi connectivity index (χ0) is 21.1. The summed E-state index contributed by atoms with van der Waals surface area (Å²) in [6.45, 7) is 3.33. The van der Waals surface area contributed by atoms with Crippen molar-refractivity contribution in [2.24, 2.45) is 0 Å². The number of fused-ring (bicyclic) bond motifs is 1. The third-order valence-corrected chi connectivity index (χ3v) is 5.63. The van der Waals surface area contributed by atoms with E-state index in [9.17, 15) is 14.4 Å². The Balaban J connectivity index is 1.50. The van der Waals surface area contributed by atoms with Crippen LogP contribution in [0.25, 0.3) is 0 Å². The fraction of sp³-hybridized carbons (Fsp3) is 0.348. The van der Waals surface area contributed by atoms with Crippen LogP contribution in [-0.2, 0) is 22.4 Å². The van der Waals surface area contributed by atoms with Crippen molar-refractivity contribution in [3.8, 4) is 0 Å². The normalized spacial score (nSPS) is 18.4. The highest BCUT2D eigenvalue weighted by atomic mass is 16.6. The van der Waals surface area contributed by atoms with Crippen LogP contribution in [0.5, 0.6) is 0 Å². The number of carbonyl (C=O) groups is 3. The van der Waals surface area contributed by atoms with E-state index >= 15 is 0 Å². The summed E-state index contributed by atoms with van der Waals surface area (Å²) >= 11 is 0. The van der Waals surface area contributed by atoms with Gasteiger partial charge in [0.1, 0.15) is 6.61 Å². The van der Waals surface area contributed by atoms with E-state index in [0.29, 0.717) is 25.2 Å². The average Bonchev–Trinajstić information content (AvgIpc) is 2.99. The molecule has 0 aromatic heterocycles. The van der Waals surface area contributed by atoms with Gasteiger partial charge in [0.2, 0.25) is 5.91 Å². The van der Waals surface area contributed by atoms with Crippen LogP contribution in [0.2, 0.25) is 0 Å². The minimum absolute atomic E-state index is 0.0436. The number of cyclic esters (lactones) is 1. The van der Waals surface area contributed by atoms with Crippen molar-refractivity contribution in [1.82, 2.24) is 10.2 Å². The molecule has 0 spiro atoms. The van der Waals surface area contributed by atoms with Gasteiger partial charge in [-0.25, -0.2) is 4.79 Å². The quantitative estimate of drug-likeness (QED) is 0.844. The second kappa shape index (κ2) is 8.57. The molecule has 4 rings (SSSR count). The number of nitrogens with one attached hydrogen (secondary N) is 1. The van der Waals surface area contributed by atoms with Crippen molar-refractivity contribution < 1.29 is 19.1 Å². The molecule has 2 aliphatic rings. The highest BCUT2D eigenvalue weighted by molar-refractivity contribution is 5.94. The Hall–Kier alpha value is -3.35. The minimum Gasteiger partial charge on any atom is -0.447 e. The monoisotopic (exact) mass is 407 g/mol. The van der Waals surface area contributed by atoms with Crippen LogP contribution in [0.1, 0.15) is 28.4 Å².